The van der Waals surface area contributed by atoms with Crippen LogP contribution >= 0.6 is 0 Å². The molecule has 2 nitrogen and oxygen atoms in total. The van der Waals surface area contributed by atoms with Crippen LogP contribution in [0.15, 0.2) is 180 Å². The Hall–Kier alpha value is -6.38. The minimum absolute atomic E-state index is 0.878. The third-order valence-corrected chi connectivity index (χ3v) is 9.81. The normalized spacial score (nSPS) is 11.8. The smallest absolute Gasteiger partial charge is 0.143 e. The second-order valence-electron chi connectivity index (χ2n) is 12.5. The van der Waals surface area contributed by atoms with E-state index in [1.807, 2.05) is 0 Å². The summed E-state index contributed by atoms with van der Waals surface area (Å²) in [6.07, 6.45) is 0. The lowest BCUT2D eigenvalue weighted by molar-refractivity contribution is 0.672. The molecular weight excluding hydrogens is 583 g/mol. The van der Waals surface area contributed by atoms with Gasteiger partial charge in [0, 0.05) is 22.1 Å². The first-order valence-electron chi connectivity index (χ1n) is 16.4. The maximum atomic E-state index is 6.64. The van der Waals surface area contributed by atoms with E-state index in [1.165, 1.54) is 48.8 Å². The van der Waals surface area contributed by atoms with E-state index < -0.39 is 0 Å². The van der Waals surface area contributed by atoms with Gasteiger partial charge < -0.3 is 9.32 Å². The third kappa shape index (κ3) is 4.13. The van der Waals surface area contributed by atoms with E-state index in [4.69, 9.17) is 4.42 Å². The first-order chi connectivity index (χ1) is 23.8. The van der Waals surface area contributed by atoms with Crippen LogP contribution in [0.5, 0.6) is 0 Å². The van der Waals surface area contributed by atoms with E-state index in [9.17, 15) is 0 Å². The number of furan rings is 1. The highest BCUT2D eigenvalue weighted by Crippen LogP contribution is 2.45. The lowest BCUT2D eigenvalue weighted by atomic mass is 9.96. The van der Waals surface area contributed by atoms with Crippen molar-refractivity contribution >= 4 is 82.1 Å². The maximum Gasteiger partial charge on any atom is 0.143 e. The molecule has 0 N–H and O–H groups in total. The molecule has 0 radical (unpaired) electrons. The summed E-state index contributed by atoms with van der Waals surface area (Å²) >= 11 is 0. The number of rotatable bonds is 4. The van der Waals surface area contributed by atoms with Crippen molar-refractivity contribution in [3.63, 3.8) is 0 Å². The molecule has 0 bridgehead atoms. The van der Waals surface area contributed by atoms with Crippen LogP contribution in [0, 0.1) is 0 Å². The Morgan fingerprint density at radius 1 is 0.354 bits per heavy atom. The number of hydrogen-bond acceptors (Lipinski definition) is 2. The lowest BCUT2D eigenvalue weighted by Gasteiger charge is -2.27. The quantitative estimate of drug-likeness (QED) is 0.184. The Morgan fingerprint density at radius 2 is 0.958 bits per heavy atom. The molecule has 2 heteroatoms. The Bertz CT molecular complexity index is 2830. The first kappa shape index (κ1) is 26.8. The molecule has 9 aromatic carbocycles. The van der Waals surface area contributed by atoms with Gasteiger partial charge in [0.25, 0.3) is 0 Å². The van der Waals surface area contributed by atoms with Crippen molar-refractivity contribution in [2.24, 2.45) is 0 Å². The average molecular weight is 612 g/mol. The highest BCUT2D eigenvalue weighted by molar-refractivity contribution is 6.22. The summed E-state index contributed by atoms with van der Waals surface area (Å²) in [5.41, 5.74) is 7.46. The minimum Gasteiger partial charge on any atom is -0.455 e. The number of nitrogens with zero attached hydrogens (tertiary/aromatic N) is 1. The average Bonchev–Trinajstić information content (AvgIpc) is 3.55. The fraction of sp³-hybridized carbons (Fsp3) is 0. The van der Waals surface area contributed by atoms with Gasteiger partial charge in [0.05, 0.1) is 11.1 Å². The summed E-state index contributed by atoms with van der Waals surface area (Å²) in [4.78, 5) is 2.38. The molecule has 1 heterocycles. The molecule has 48 heavy (non-hydrogen) atoms. The van der Waals surface area contributed by atoms with E-state index in [0.29, 0.717) is 0 Å². The van der Waals surface area contributed by atoms with Crippen LogP contribution in [0.3, 0.4) is 0 Å². The second kappa shape index (κ2) is 10.6. The SMILES string of the molecule is c1ccc(-c2ccc(N(c3ccc4c(ccc5ccc6ccccc6c54)c3)c3cccc4oc5c6ccccc6ccc5c34)cc2)cc1. The van der Waals surface area contributed by atoms with Crippen molar-refractivity contribution in [3.05, 3.63) is 176 Å². The van der Waals surface area contributed by atoms with Crippen LogP contribution in [0.4, 0.5) is 17.1 Å². The molecule has 0 amide bonds. The van der Waals surface area contributed by atoms with Gasteiger partial charge in [-0.25, -0.2) is 0 Å². The maximum absolute atomic E-state index is 6.64. The molecule has 1 aromatic heterocycles. The van der Waals surface area contributed by atoms with Crippen molar-refractivity contribution in [1.29, 1.82) is 0 Å². The molecule has 0 spiro atoms. The van der Waals surface area contributed by atoms with Gasteiger partial charge in [0.15, 0.2) is 0 Å². The van der Waals surface area contributed by atoms with Gasteiger partial charge in [-0.05, 0) is 91.3 Å². The minimum atomic E-state index is 0.878. The highest BCUT2D eigenvalue weighted by Gasteiger charge is 2.21. The first-order valence-corrected chi connectivity index (χ1v) is 16.4. The Morgan fingerprint density at radius 3 is 1.79 bits per heavy atom. The van der Waals surface area contributed by atoms with Crippen molar-refractivity contribution < 1.29 is 4.42 Å². The fourth-order valence-electron chi connectivity index (χ4n) is 7.54. The molecule has 10 rings (SSSR count). The summed E-state index contributed by atoms with van der Waals surface area (Å²) in [7, 11) is 0. The molecule has 10 aromatic rings. The number of fused-ring (bicyclic) bond motifs is 10. The zero-order valence-corrected chi connectivity index (χ0v) is 26.1. The summed E-state index contributed by atoms with van der Waals surface area (Å²) < 4.78 is 6.64. The predicted octanol–water partition coefficient (Wildman–Crippen LogP) is 13.3. The number of benzene rings is 9. The summed E-state index contributed by atoms with van der Waals surface area (Å²) in [5, 5.41) is 12.1. The number of hydrogen-bond donors (Lipinski definition) is 0. The van der Waals surface area contributed by atoms with E-state index in [0.717, 1.165) is 44.4 Å². The van der Waals surface area contributed by atoms with E-state index in [-0.39, 0.29) is 0 Å². The summed E-state index contributed by atoms with van der Waals surface area (Å²) in [6.45, 7) is 0. The van der Waals surface area contributed by atoms with Crippen LogP contribution in [-0.4, -0.2) is 0 Å². The lowest BCUT2D eigenvalue weighted by Crippen LogP contribution is -2.10. The van der Waals surface area contributed by atoms with Gasteiger partial charge in [-0.3, -0.25) is 0 Å². The summed E-state index contributed by atoms with van der Waals surface area (Å²) in [6, 6.07) is 63.3. The molecule has 224 valence electrons. The van der Waals surface area contributed by atoms with Gasteiger partial charge in [0.2, 0.25) is 0 Å². The van der Waals surface area contributed by atoms with Crippen molar-refractivity contribution in [2.75, 3.05) is 4.90 Å². The standard InChI is InChI=1S/C46H29NO/c1-2-9-30(10-3-1)31-21-24-36(25-22-31)47(42-15-8-16-43-45(42)41-27-23-33-12-5-7-14-40(33)46(41)48-43)37-26-28-39-35(29-37)20-19-34-18-17-32-11-4-6-13-38(32)44(34)39/h1-29H. The fourth-order valence-corrected chi connectivity index (χ4v) is 7.54. The highest BCUT2D eigenvalue weighted by atomic mass is 16.3. The van der Waals surface area contributed by atoms with E-state index >= 15 is 0 Å². The monoisotopic (exact) mass is 611 g/mol. The number of anilines is 3. The molecule has 0 aliphatic rings. The molecular formula is C46H29NO. The zero-order valence-electron chi connectivity index (χ0n) is 26.1. The zero-order chi connectivity index (χ0) is 31.6. The van der Waals surface area contributed by atoms with Crippen LogP contribution in [0.1, 0.15) is 0 Å². The molecule has 0 saturated heterocycles. The molecule has 0 fully saturated rings. The predicted molar refractivity (Wildman–Crippen MR) is 204 cm³/mol. The van der Waals surface area contributed by atoms with Gasteiger partial charge in [-0.2, -0.15) is 0 Å². The van der Waals surface area contributed by atoms with Crippen molar-refractivity contribution in [3.8, 4) is 11.1 Å². The van der Waals surface area contributed by atoms with E-state index in [2.05, 4.69) is 181 Å². The molecule has 0 aliphatic carbocycles. The Labute approximate surface area is 277 Å². The van der Waals surface area contributed by atoms with Crippen molar-refractivity contribution in [2.45, 2.75) is 0 Å². The topological polar surface area (TPSA) is 16.4 Å². The molecule has 0 saturated carbocycles. The van der Waals surface area contributed by atoms with Gasteiger partial charge in [0.1, 0.15) is 11.2 Å². The molecule has 0 aliphatic heterocycles. The van der Waals surface area contributed by atoms with Crippen LogP contribution in [0.25, 0.3) is 76.2 Å². The molecule has 0 atom stereocenters. The Balaban J connectivity index is 1.23. The van der Waals surface area contributed by atoms with Crippen molar-refractivity contribution in [1.82, 2.24) is 0 Å². The van der Waals surface area contributed by atoms with Gasteiger partial charge >= 0.3 is 0 Å². The Kier molecular flexibility index (Phi) is 5.91. The van der Waals surface area contributed by atoms with Gasteiger partial charge in [-0.1, -0.05) is 133 Å². The van der Waals surface area contributed by atoms with Crippen LogP contribution in [0.2, 0.25) is 0 Å². The largest absolute Gasteiger partial charge is 0.455 e. The van der Waals surface area contributed by atoms with Gasteiger partial charge in [-0.15, -0.1) is 0 Å². The molecule has 0 unspecified atom stereocenters. The van der Waals surface area contributed by atoms with Crippen LogP contribution < -0.4 is 4.90 Å². The summed E-state index contributed by atoms with van der Waals surface area (Å²) in [5.74, 6) is 0. The van der Waals surface area contributed by atoms with E-state index in [1.54, 1.807) is 0 Å². The second-order valence-corrected chi connectivity index (χ2v) is 12.5. The van der Waals surface area contributed by atoms with Crippen LogP contribution in [-0.2, 0) is 0 Å². The third-order valence-electron chi connectivity index (χ3n) is 9.81.